The van der Waals surface area contributed by atoms with E-state index in [0.717, 1.165) is 11.1 Å². The Hall–Kier alpha value is -1.83. The summed E-state index contributed by atoms with van der Waals surface area (Å²) in [6.07, 6.45) is 7.09. The van der Waals surface area contributed by atoms with E-state index in [4.69, 9.17) is 4.42 Å². The first-order chi connectivity index (χ1) is 6.84. The summed E-state index contributed by atoms with van der Waals surface area (Å²) in [6, 6.07) is 8.20. The lowest BCUT2D eigenvalue weighted by Gasteiger charge is -1.91. The Bertz CT molecular complexity index is 412. The third-order valence-corrected chi connectivity index (χ3v) is 1.88. The summed E-state index contributed by atoms with van der Waals surface area (Å²) in [4.78, 5) is 0. The molecule has 0 N–H and O–H groups in total. The van der Waals surface area contributed by atoms with Gasteiger partial charge in [0, 0.05) is 5.56 Å². The molecule has 2 rings (SSSR count). The van der Waals surface area contributed by atoms with E-state index < -0.39 is 0 Å². The number of hydrogen-bond acceptors (Lipinski definition) is 1. The van der Waals surface area contributed by atoms with Crippen LogP contribution in [0, 0.1) is 5.82 Å². The molecule has 0 unspecified atom stereocenters. The lowest BCUT2D eigenvalue weighted by Crippen LogP contribution is -1.73. The van der Waals surface area contributed by atoms with Crippen LogP contribution in [-0.4, -0.2) is 0 Å². The fourth-order valence-electron chi connectivity index (χ4n) is 1.14. The van der Waals surface area contributed by atoms with Gasteiger partial charge in [-0.15, -0.1) is 0 Å². The molecular weight excluding hydrogens is 179 g/mol. The van der Waals surface area contributed by atoms with Crippen molar-refractivity contribution in [3.63, 3.8) is 0 Å². The predicted octanol–water partition coefficient (Wildman–Crippen LogP) is 3.59. The molecule has 0 amide bonds. The Kier molecular flexibility index (Phi) is 2.45. The first kappa shape index (κ1) is 8.75. The van der Waals surface area contributed by atoms with Gasteiger partial charge in [-0.25, -0.2) is 4.39 Å². The summed E-state index contributed by atoms with van der Waals surface area (Å²) in [7, 11) is 0. The third kappa shape index (κ3) is 2.10. The summed E-state index contributed by atoms with van der Waals surface area (Å²) >= 11 is 0. The normalized spacial score (nSPS) is 10.9. The quantitative estimate of drug-likeness (QED) is 0.701. The summed E-state index contributed by atoms with van der Waals surface area (Å²) in [5.74, 6) is -0.217. The van der Waals surface area contributed by atoms with Crippen molar-refractivity contribution in [2.24, 2.45) is 0 Å². The monoisotopic (exact) mass is 188 g/mol. The zero-order chi connectivity index (χ0) is 9.80. The molecule has 0 bridgehead atoms. The van der Waals surface area contributed by atoms with Crippen molar-refractivity contribution in [3.8, 4) is 0 Å². The highest BCUT2D eigenvalue weighted by molar-refractivity contribution is 5.68. The Labute approximate surface area is 81.5 Å². The fraction of sp³-hybridized carbons (Fsp3) is 0. The Morgan fingerprint density at radius 2 is 1.64 bits per heavy atom. The highest BCUT2D eigenvalue weighted by atomic mass is 19.1. The van der Waals surface area contributed by atoms with E-state index in [2.05, 4.69) is 0 Å². The maximum atomic E-state index is 12.6. The van der Waals surface area contributed by atoms with E-state index >= 15 is 0 Å². The summed E-state index contributed by atoms with van der Waals surface area (Å²) < 4.78 is 17.5. The predicted molar refractivity (Wildman–Crippen MR) is 54.0 cm³/mol. The van der Waals surface area contributed by atoms with Gasteiger partial charge in [0.2, 0.25) is 0 Å². The van der Waals surface area contributed by atoms with Crippen LogP contribution in [0.5, 0.6) is 0 Å². The lowest BCUT2D eigenvalue weighted by atomic mass is 10.2. The van der Waals surface area contributed by atoms with E-state index in [1.807, 2.05) is 18.2 Å². The van der Waals surface area contributed by atoms with Crippen molar-refractivity contribution in [2.45, 2.75) is 0 Å². The number of benzene rings is 1. The zero-order valence-electron chi connectivity index (χ0n) is 7.48. The summed E-state index contributed by atoms with van der Waals surface area (Å²) in [5.41, 5.74) is 1.96. The second-order valence-corrected chi connectivity index (χ2v) is 2.94. The molecule has 1 aromatic heterocycles. The minimum absolute atomic E-state index is 0.217. The van der Waals surface area contributed by atoms with Gasteiger partial charge in [-0.2, -0.15) is 0 Å². The Balaban J connectivity index is 2.15. The molecule has 2 aromatic rings. The van der Waals surface area contributed by atoms with Gasteiger partial charge in [-0.05, 0) is 23.8 Å². The van der Waals surface area contributed by atoms with Crippen LogP contribution in [0.25, 0.3) is 12.2 Å². The van der Waals surface area contributed by atoms with Gasteiger partial charge < -0.3 is 4.42 Å². The van der Waals surface area contributed by atoms with Crippen LogP contribution < -0.4 is 0 Å². The third-order valence-electron chi connectivity index (χ3n) is 1.88. The van der Waals surface area contributed by atoms with Gasteiger partial charge in [0.25, 0.3) is 0 Å². The summed E-state index contributed by atoms with van der Waals surface area (Å²) in [6.45, 7) is 0. The van der Waals surface area contributed by atoms with Gasteiger partial charge >= 0.3 is 0 Å². The van der Waals surface area contributed by atoms with Crippen molar-refractivity contribution in [1.82, 2.24) is 0 Å². The average Bonchev–Trinajstić information content (AvgIpc) is 2.70. The molecule has 0 saturated heterocycles. The second kappa shape index (κ2) is 3.92. The number of halogens is 1. The molecular formula is C12H9FO. The van der Waals surface area contributed by atoms with Crippen LogP contribution in [0.15, 0.2) is 47.3 Å². The molecule has 0 saturated carbocycles. The molecule has 0 aliphatic rings. The van der Waals surface area contributed by atoms with E-state index in [0.29, 0.717) is 0 Å². The molecule has 0 atom stereocenters. The smallest absolute Gasteiger partial charge is 0.123 e. The Morgan fingerprint density at radius 3 is 2.29 bits per heavy atom. The topological polar surface area (TPSA) is 13.1 Å². The summed E-state index contributed by atoms with van der Waals surface area (Å²) in [5, 5.41) is 0. The van der Waals surface area contributed by atoms with Crippen molar-refractivity contribution < 1.29 is 8.81 Å². The molecule has 0 aliphatic heterocycles. The fourth-order valence-corrected chi connectivity index (χ4v) is 1.14. The van der Waals surface area contributed by atoms with Crippen molar-refractivity contribution in [3.05, 3.63) is 59.8 Å². The largest absolute Gasteiger partial charge is 0.472 e. The van der Waals surface area contributed by atoms with Crippen LogP contribution in [0.1, 0.15) is 11.1 Å². The highest BCUT2D eigenvalue weighted by Gasteiger charge is 1.90. The van der Waals surface area contributed by atoms with E-state index in [9.17, 15) is 4.39 Å². The molecule has 14 heavy (non-hydrogen) atoms. The van der Waals surface area contributed by atoms with Gasteiger partial charge in [0.05, 0.1) is 12.5 Å². The minimum Gasteiger partial charge on any atom is -0.472 e. The molecule has 1 heterocycles. The minimum atomic E-state index is -0.217. The Morgan fingerprint density at radius 1 is 0.929 bits per heavy atom. The highest BCUT2D eigenvalue weighted by Crippen LogP contribution is 2.09. The van der Waals surface area contributed by atoms with E-state index in [-0.39, 0.29) is 5.82 Å². The van der Waals surface area contributed by atoms with Crippen LogP contribution in [0.3, 0.4) is 0 Å². The number of hydrogen-bond donors (Lipinski definition) is 0. The van der Waals surface area contributed by atoms with E-state index in [1.165, 1.54) is 12.1 Å². The maximum Gasteiger partial charge on any atom is 0.123 e. The molecule has 0 fully saturated rings. The zero-order valence-corrected chi connectivity index (χ0v) is 7.48. The van der Waals surface area contributed by atoms with Crippen LogP contribution in [0.4, 0.5) is 4.39 Å². The van der Waals surface area contributed by atoms with Crippen molar-refractivity contribution >= 4 is 12.2 Å². The maximum absolute atomic E-state index is 12.6. The van der Waals surface area contributed by atoms with Crippen molar-refractivity contribution in [2.75, 3.05) is 0 Å². The molecule has 0 radical (unpaired) electrons. The first-order valence-corrected chi connectivity index (χ1v) is 4.30. The van der Waals surface area contributed by atoms with Gasteiger partial charge in [0.15, 0.2) is 0 Å². The SMILES string of the molecule is Fc1ccc(C=Cc2ccoc2)cc1. The van der Waals surface area contributed by atoms with Crippen LogP contribution >= 0.6 is 0 Å². The van der Waals surface area contributed by atoms with Gasteiger partial charge in [-0.3, -0.25) is 0 Å². The standard InChI is InChI=1S/C12H9FO/c13-12-5-3-10(4-6-12)1-2-11-7-8-14-9-11/h1-9H. The molecule has 0 aliphatic carbocycles. The van der Waals surface area contributed by atoms with Crippen LogP contribution in [-0.2, 0) is 0 Å². The lowest BCUT2D eigenvalue weighted by molar-refractivity contribution is 0.567. The molecule has 2 heteroatoms. The molecule has 1 aromatic carbocycles. The number of rotatable bonds is 2. The van der Waals surface area contributed by atoms with Crippen LogP contribution in [0.2, 0.25) is 0 Å². The van der Waals surface area contributed by atoms with Gasteiger partial charge in [0.1, 0.15) is 5.82 Å². The molecule has 0 spiro atoms. The number of furan rings is 1. The second-order valence-electron chi connectivity index (χ2n) is 2.94. The van der Waals surface area contributed by atoms with E-state index in [1.54, 1.807) is 24.7 Å². The van der Waals surface area contributed by atoms with Gasteiger partial charge in [-0.1, -0.05) is 24.3 Å². The average molecular weight is 188 g/mol. The first-order valence-electron chi connectivity index (χ1n) is 4.30. The molecule has 1 nitrogen and oxygen atoms in total. The van der Waals surface area contributed by atoms with Crippen molar-refractivity contribution in [1.29, 1.82) is 0 Å². The molecule has 70 valence electrons.